The van der Waals surface area contributed by atoms with E-state index in [1.165, 1.54) is 33.3 Å². The second kappa shape index (κ2) is 12.6. The lowest BCUT2D eigenvalue weighted by atomic mass is 9.82. The van der Waals surface area contributed by atoms with Gasteiger partial charge in [0.1, 0.15) is 5.75 Å². The Balaban J connectivity index is 1.69. The predicted octanol–water partition coefficient (Wildman–Crippen LogP) is 3.79. The van der Waals surface area contributed by atoms with Crippen LogP contribution < -0.4 is 14.8 Å². The Morgan fingerprint density at radius 2 is 1.43 bits per heavy atom. The van der Waals surface area contributed by atoms with Gasteiger partial charge in [-0.05, 0) is 59.5 Å². The number of esters is 1. The number of carbonyl (C=O) groups excluding carboxylic acids is 2. The third-order valence-corrected chi connectivity index (χ3v) is 6.97. The van der Waals surface area contributed by atoms with Crippen LogP contribution in [-0.4, -0.2) is 54.6 Å². The predicted molar refractivity (Wildman–Crippen MR) is 144 cm³/mol. The van der Waals surface area contributed by atoms with Crippen molar-refractivity contribution < 1.29 is 43.9 Å². The summed E-state index contributed by atoms with van der Waals surface area (Å²) in [5, 5.41) is 32.8. The average Bonchev–Trinajstić information content (AvgIpc) is 3.33. The number of methoxy groups -OCH3 is 2. The molecule has 1 aliphatic rings. The van der Waals surface area contributed by atoms with Crippen LogP contribution in [0.4, 0.5) is 0 Å². The summed E-state index contributed by atoms with van der Waals surface area (Å²) in [4.78, 5) is 25.6. The number of nitrogens with one attached hydrogen (secondary N) is 1. The molecule has 3 aromatic carbocycles. The summed E-state index contributed by atoms with van der Waals surface area (Å²) in [6.07, 6.45) is -0.954. The van der Waals surface area contributed by atoms with Crippen molar-refractivity contribution >= 4 is 11.9 Å². The van der Waals surface area contributed by atoms with Crippen LogP contribution in [0.3, 0.4) is 0 Å². The summed E-state index contributed by atoms with van der Waals surface area (Å²) in [6, 6.07) is 16.2. The summed E-state index contributed by atoms with van der Waals surface area (Å²) < 4.78 is 22.5. The molecule has 212 valence electrons. The van der Waals surface area contributed by atoms with Gasteiger partial charge >= 0.3 is 5.97 Å². The number of hydrogen-bond acceptors (Lipinski definition) is 9. The molecule has 3 aromatic rings. The van der Waals surface area contributed by atoms with Crippen molar-refractivity contribution in [3.63, 3.8) is 0 Å². The topological polar surface area (TPSA) is 144 Å². The van der Waals surface area contributed by atoms with Crippen LogP contribution >= 0.6 is 0 Å². The normalized spacial score (nSPS) is 20.1. The third-order valence-electron chi connectivity index (χ3n) is 6.97. The molecule has 10 nitrogen and oxygen atoms in total. The van der Waals surface area contributed by atoms with Gasteiger partial charge in [-0.2, -0.15) is 0 Å². The molecule has 0 aliphatic carbocycles. The minimum atomic E-state index is -0.793. The van der Waals surface area contributed by atoms with Gasteiger partial charge in [0, 0.05) is 19.4 Å². The summed E-state index contributed by atoms with van der Waals surface area (Å²) >= 11 is 0. The van der Waals surface area contributed by atoms with Crippen LogP contribution in [0.2, 0.25) is 0 Å². The van der Waals surface area contributed by atoms with Crippen LogP contribution in [0.15, 0.2) is 60.7 Å². The van der Waals surface area contributed by atoms with E-state index < -0.39 is 30.0 Å². The molecule has 4 atom stereocenters. The van der Waals surface area contributed by atoms with E-state index in [1.807, 2.05) is 0 Å². The molecule has 1 saturated heterocycles. The molecule has 1 amide bonds. The van der Waals surface area contributed by atoms with E-state index in [0.29, 0.717) is 24.1 Å². The van der Waals surface area contributed by atoms with Gasteiger partial charge in [0.05, 0.1) is 39.0 Å². The first-order valence-corrected chi connectivity index (χ1v) is 12.8. The van der Waals surface area contributed by atoms with Crippen molar-refractivity contribution in [1.29, 1.82) is 0 Å². The highest BCUT2D eigenvalue weighted by atomic mass is 16.5. The maximum atomic E-state index is 13.8. The third kappa shape index (κ3) is 6.40. The summed E-state index contributed by atoms with van der Waals surface area (Å²) in [5.41, 5.74) is 2.16. The largest absolute Gasteiger partial charge is 0.508 e. The number of rotatable bonds is 10. The standard InChI is InChI=1S/C30H33NO9/c1-17(32)39-16-22-27(30(36)31-13-12-18-4-8-21(33)9-5-18)29(20-7-11-24(35)26(15-20)38-3)40-28(22)19-6-10-23(34)25(14-19)37-2/h4-11,14-15,22,27-29,33-35H,12-13,16H2,1-3H3,(H,31,36)/t22-,27-,28+,29-/m1/s1. The zero-order valence-electron chi connectivity index (χ0n) is 22.5. The van der Waals surface area contributed by atoms with Gasteiger partial charge in [0.25, 0.3) is 0 Å². The van der Waals surface area contributed by atoms with Crippen molar-refractivity contribution in [2.45, 2.75) is 25.6 Å². The Labute approximate surface area is 232 Å². The van der Waals surface area contributed by atoms with Crippen molar-refractivity contribution in [3.05, 3.63) is 77.4 Å². The second-order valence-electron chi connectivity index (χ2n) is 9.54. The van der Waals surface area contributed by atoms with Crippen LogP contribution in [0, 0.1) is 11.8 Å². The first-order chi connectivity index (χ1) is 19.2. The molecule has 0 bridgehead atoms. The van der Waals surface area contributed by atoms with Crippen molar-refractivity contribution in [2.24, 2.45) is 11.8 Å². The Morgan fingerprint density at radius 1 is 0.850 bits per heavy atom. The van der Waals surface area contributed by atoms with E-state index in [9.17, 15) is 24.9 Å². The zero-order valence-corrected chi connectivity index (χ0v) is 22.5. The van der Waals surface area contributed by atoms with Crippen LogP contribution in [-0.2, 0) is 25.5 Å². The van der Waals surface area contributed by atoms with E-state index in [1.54, 1.807) is 48.5 Å². The van der Waals surface area contributed by atoms with E-state index in [4.69, 9.17) is 18.9 Å². The van der Waals surface area contributed by atoms with E-state index in [2.05, 4.69) is 5.32 Å². The molecule has 0 unspecified atom stereocenters. The number of phenolic OH excluding ortho intramolecular Hbond substituents is 3. The number of carbonyl (C=O) groups is 2. The van der Waals surface area contributed by atoms with Crippen molar-refractivity contribution in [3.8, 4) is 28.7 Å². The molecule has 1 aliphatic heterocycles. The Morgan fingerprint density at radius 3 is 1.98 bits per heavy atom. The second-order valence-corrected chi connectivity index (χ2v) is 9.54. The van der Waals surface area contributed by atoms with Crippen LogP contribution in [0.1, 0.15) is 35.8 Å². The number of aromatic hydroxyl groups is 3. The highest BCUT2D eigenvalue weighted by molar-refractivity contribution is 5.80. The minimum absolute atomic E-state index is 0.0517. The summed E-state index contributed by atoms with van der Waals surface area (Å²) in [6.45, 7) is 1.53. The first-order valence-electron chi connectivity index (χ1n) is 12.8. The van der Waals surface area contributed by atoms with Gasteiger partial charge in [0.2, 0.25) is 5.91 Å². The maximum absolute atomic E-state index is 13.8. The molecule has 4 rings (SSSR count). The number of phenols is 3. The fourth-order valence-corrected chi connectivity index (χ4v) is 4.96. The van der Waals surface area contributed by atoms with Crippen molar-refractivity contribution in [2.75, 3.05) is 27.4 Å². The lowest BCUT2D eigenvalue weighted by Crippen LogP contribution is -2.38. The van der Waals surface area contributed by atoms with Gasteiger partial charge in [0.15, 0.2) is 23.0 Å². The smallest absolute Gasteiger partial charge is 0.302 e. The highest BCUT2D eigenvalue weighted by Crippen LogP contribution is 2.51. The van der Waals surface area contributed by atoms with Gasteiger partial charge in [-0.25, -0.2) is 0 Å². The van der Waals surface area contributed by atoms with Gasteiger partial charge in [-0.3, -0.25) is 9.59 Å². The molecular weight excluding hydrogens is 518 g/mol. The van der Waals surface area contributed by atoms with Crippen molar-refractivity contribution in [1.82, 2.24) is 5.32 Å². The van der Waals surface area contributed by atoms with Gasteiger partial charge < -0.3 is 39.6 Å². The van der Waals surface area contributed by atoms with E-state index in [-0.39, 0.29) is 41.3 Å². The molecule has 10 heteroatoms. The van der Waals surface area contributed by atoms with E-state index in [0.717, 1.165) is 5.56 Å². The molecule has 1 heterocycles. The minimum Gasteiger partial charge on any atom is -0.508 e. The Kier molecular flexibility index (Phi) is 9.00. The molecule has 4 N–H and O–H groups in total. The average molecular weight is 552 g/mol. The molecule has 0 radical (unpaired) electrons. The molecule has 0 aromatic heterocycles. The summed E-state index contributed by atoms with van der Waals surface area (Å²) in [5.74, 6) is -1.69. The van der Waals surface area contributed by atoms with E-state index >= 15 is 0 Å². The maximum Gasteiger partial charge on any atom is 0.302 e. The highest BCUT2D eigenvalue weighted by Gasteiger charge is 2.50. The number of hydrogen-bond donors (Lipinski definition) is 4. The number of ether oxygens (including phenoxy) is 4. The molecule has 1 fully saturated rings. The fraction of sp³-hybridized carbons (Fsp3) is 0.333. The SMILES string of the molecule is COc1cc([C@H]2O[C@@H](c3ccc(O)c(OC)c3)[C@H](COC(C)=O)[C@H]2C(=O)NCCc2ccc(O)cc2)ccc1O. The fourth-order valence-electron chi connectivity index (χ4n) is 4.96. The Bertz CT molecular complexity index is 1340. The lowest BCUT2D eigenvalue weighted by molar-refractivity contribution is -0.144. The lowest BCUT2D eigenvalue weighted by Gasteiger charge is -2.24. The monoisotopic (exact) mass is 551 g/mol. The van der Waals surface area contributed by atoms with Gasteiger partial charge in [-0.15, -0.1) is 0 Å². The first kappa shape index (κ1) is 28.6. The van der Waals surface area contributed by atoms with Crippen LogP contribution in [0.5, 0.6) is 28.7 Å². The number of amides is 1. The summed E-state index contributed by atoms with van der Waals surface area (Å²) in [7, 11) is 2.86. The molecule has 0 saturated carbocycles. The van der Waals surface area contributed by atoms with Crippen LogP contribution in [0.25, 0.3) is 0 Å². The van der Waals surface area contributed by atoms with Gasteiger partial charge in [-0.1, -0.05) is 24.3 Å². The molecule has 0 spiro atoms. The molecule has 40 heavy (non-hydrogen) atoms. The number of benzene rings is 3. The molecular formula is C30H33NO9. The Hall–Kier alpha value is -4.44. The zero-order chi connectivity index (χ0) is 28.8. The quantitative estimate of drug-likeness (QED) is 0.277.